The third-order valence-electron chi connectivity index (χ3n) is 8.36. The Morgan fingerprint density at radius 3 is 1.84 bits per heavy atom. The number of benzene rings is 3. The van der Waals surface area contributed by atoms with Crippen molar-refractivity contribution < 1.29 is 23.8 Å². The van der Waals surface area contributed by atoms with Gasteiger partial charge in [-0.05, 0) is 91.4 Å². The van der Waals surface area contributed by atoms with Crippen LogP contribution in [0.2, 0.25) is 0 Å². The summed E-state index contributed by atoms with van der Waals surface area (Å²) in [7, 11) is 0. The molecule has 0 fully saturated rings. The summed E-state index contributed by atoms with van der Waals surface area (Å²) < 4.78 is 17.2. The number of carbonyl (C=O) groups excluding carboxylic acids is 2. The molecule has 1 amide bonds. The van der Waals surface area contributed by atoms with Crippen LogP contribution in [0.4, 0.5) is 0 Å². The van der Waals surface area contributed by atoms with Crippen LogP contribution in [0.15, 0.2) is 140 Å². The second kappa shape index (κ2) is 19.7. The van der Waals surface area contributed by atoms with Crippen LogP contribution in [0.5, 0.6) is 17.2 Å². The fourth-order valence-electron chi connectivity index (χ4n) is 5.80. The highest BCUT2D eigenvalue weighted by atomic mass is 16.5. The monoisotopic (exact) mass is 684 g/mol. The summed E-state index contributed by atoms with van der Waals surface area (Å²) in [6, 6.07) is 21.6. The van der Waals surface area contributed by atoms with E-state index in [1.165, 1.54) is 11.6 Å². The van der Waals surface area contributed by atoms with Crippen molar-refractivity contribution in [1.82, 2.24) is 10.2 Å². The number of amides is 1. The van der Waals surface area contributed by atoms with Crippen molar-refractivity contribution in [3.63, 3.8) is 0 Å². The molecule has 0 bridgehead atoms. The molecule has 0 aliphatic heterocycles. The molecule has 0 atom stereocenters. The first kappa shape index (κ1) is 36.9. The predicted molar refractivity (Wildman–Crippen MR) is 204 cm³/mol. The van der Waals surface area contributed by atoms with Crippen molar-refractivity contribution >= 4 is 11.9 Å². The molecule has 3 aromatic carbocycles. The first-order valence-electron chi connectivity index (χ1n) is 17.7. The number of hydrogen-bond donors (Lipinski definition) is 1. The number of nitrogens with one attached hydrogen (secondary N) is 1. The fraction of sp³-hybridized carbons (Fsp3) is 0.273. The van der Waals surface area contributed by atoms with E-state index in [4.69, 9.17) is 14.2 Å². The van der Waals surface area contributed by atoms with Crippen molar-refractivity contribution in [1.29, 1.82) is 0 Å². The minimum absolute atomic E-state index is 0.0349. The van der Waals surface area contributed by atoms with E-state index in [0.717, 1.165) is 41.3 Å². The summed E-state index contributed by atoms with van der Waals surface area (Å²) in [5, 5.41) is 3.49. The van der Waals surface area contributed by atoms with Gasteiger partial charge in [-0.3, -0.25) is 4.79 Å². The molecule has 0 saturated heterocycles. The smallest absolute Gasteiger partial charge is 0.335 e. The summed E-state index contributed by atoms with van der Waals surface area (Å²) in [6.07, 6.45) is 24.7. The van der Waals surface area contributed by atoms with E-state index in [1.54, 1.807) is 12.2 Å². The minimum Gasteiger partial charge on any atom is -0.493 e. The van der Waals surface area contributed by atoms with Gasteiger partial charge in [0.05, 0.1) is 13.2 Å². The van der Waals surface area contributed by atoms with Crippen LogP contribution in [0.3, 0.4) is 0 Å². The molecular weight excluding hydrogens is 636 g/mol. The lowest BCUT2D eigenvalue weighted by Gasteiger charge is -2.24. The SMILES string of the molecule is Cc1cc(C)cc(OC(=O)/C=C/CCOc2ccc(CN(CC3C=CC=C3)C(=O)/C=C/CCOc3ccc(CNCC4C=CC=C4)cc3)cc2)c1. The first-order valence-corrected chi connectivity index (χ1v) is 17.7. The standard InChI is InChI=1S/C44H48N2O5/c1-34-27-35(2)29-42(28-34)51-44(48)16-8-10-26-50-41-23-19-39(20-24-41)33-46(32-38-13-5-6-14-38)43(47)15-7-9-25-49-40-21-17-37(18-22-40)31-45-30-36-11-3-4-12-36/h3-8,11-24,27-29,36,38,45H,9-10,25-26,30-33H2,1-2H3/b15-7+,16-8+. The van der Waals surface area contributed by atoms with Crippen LogP contribution in [0.25, 0.3) is 0 Å². The number of carbonyl (C=O) groups is 2. The lowest BCUT2D eigenvalue weighted by atomic mass is 10.1. The van der Waals surface area contributed by atoms with E-state index in [0.29, 0.717) is 50.8 Å². The van der Waals surface area contributed by atoms with E-state index in [1.807, 2.05) is 91.6 Å². The Kier molecular flexibility index (Phi) is 14.2. The maximum Gasteiger partial charge on any atom is 0.335 e. The molecule has 7 heteroatoms. The molecule has 5 rings (SSSR count). The Bertz CT molecular complexity index is 1720. The van der Waals surface area contributed by atoms with Gasteiger partial charge in [-0.2, -0.15) is 0 Å². The summed E-state index contributed by atoms with van der Waals surface area (Å²) in [5.74, 6) is 2.31. The number of rotatable bonds is 19. The van der Waals surface area contributed by atoms with Gasteiger partial charge in [-0.25, -0.2) is 4.79 Å². The predicted octanol–water partition coefficient (Wildman–Crippen LogP) is 8.16. The van der Waals surface area contributed by atoms with Gasteiger partial charge in [-0.1, -0.05) is 91.1 Å². The number of aryl methyl sites for hydroxylation is 2. The van der Waals surface area contributed by atoms with E-state index in [-0.39, 0.29) is 11.8 Å². The molecule has 1 N–H and O–H groups in total. The highest BCUT2D eigenvalue weighted by Gasteiger charge is 2.16. The number of ether oxygens (including phenoxy) is 3. The number of nitrogens with zero attached hydrogens (tertiary/aromatic N) is 1. The molecule has 7 nitrogen and oxygen atoms in total. The normalized spacial score (nSPS) is 13.9. The van der Waals surface area contributed by atoms with Gasteiger partial charge >= 0.3 is 5.97 Å². The van der Waals surface area contributed by atoms with Gasteiger partial charge in [0.15, 0.2) is 0 Å². The molecule has 0 aromatic heterocycles. The zero-order valence-electron chi connectivity index (χ0n) is 29.6. The van der Waals surface area contributed by atoms with Crippen LogP contribution in [0, 0.1) is 25.7 Å². The summed E-state index contributed by atoms with van der Waals surface area (Å²) in [6.45, 7) is 7.68. The molecule has 51 heavy (non-hydrogen) atoms. The molecule has 0 radical (unpaired) electrons. The van der Waals surface area contributed by atoms with Crippen LogP contribution in [0.1, 0.15) is 35.1 Å². The Balaban J connectivity index is 1.02. The molecule has 0 unspecified atom stereocenters. The summed E-state index contributed by atoms with van der Waals surface area (Å²) in [5.41, 5.74) is 4.32. The van der Waals surface area contributed by atoms with Crippen LogP contribution >= 0.6 is 0 Å². The van der Waals surface area contributed by atoms with Gasteiger partial charge in [0.2, 0.25) is 5.91 Å². The molecule has 264 valence electrons. The van der Waals surface area contributed by atoms with Gasteiger partial charge in [0, 0.05) is 44.1 Å². The Hall–Kier alpha value is -5.40. The maximum atomic E-state index is 13.3. The van der Waals surface area contributed by atoms with E-state index >= 15 is 0 Å². The van der Waals surface area contributed by atoms with E-state index in [2.05, 4.69) is 53.9 Å². The lowest BCUT2D eigenvalue weighted by Crippen LogP contribution is -2.32. The first-order chi connectivity index (χ1) is 24.9. The quantitative estimate of drug-likeness (QED) is 0.0595. The zero-order valence-corrected chi connectivity index (χ0v) is 29.6. The largest absolute Gasteiger partial charge is 0.493 e. The molecular formula is C44H48N2O5. The molecule has 0 heterocycles. The van der Waals surface area contributed by atoms with Crippen LogP contribution in [-0.4, -0.2) is 43.1 Å². The van der Waals surface area contributed by atoms with E-state index in [9.17, 15) is 9.59 Å². The number of allylic oxidation sites excluding steroid dienone is 4. The molecule has 0 saturated carbocycles. The molecule has 2 aliphatic carbocycles. The maximum absolute atomic E-state index is 13.3. The lowest BCUT2D eigenvalue weighted by molar-refractivity contribution is -0.129. The number of esters is 1. The molecule has 2 aliphatic rings. The van der Waals surface area contributed by atoms with Crippen LogP contribution in [-0.2, 0) is 22.7 Å². The Labute approximate surface area is 302 Å². The number of hydrogen-bond acceptors (Lipinski definition) is 6. The van der Waals surface area contributed by atoms with Gasteiger partial charge in [0.25, 0.3) is 0 Å². The average Bonchev–Trinajstić information content (AvgIpc) is 3.84. The third-order valence-corrected chi connectivity index (χ3v) is 8.36. The highest BCUT2D eigenvalue weighted by Crippen LogP contribution is 2.19. The van der Waals surface area contributed by atoms with Crippen LogP contribution < -0.4 is 19.5 Å². The van der Waals surface area contributed by atoms with Crippen molar-refractivity contribution in [3.8, 4) is 17.2 Å². The second-order valence-electron chi connectivity index (χ2n) is 12.8. The van der Waals surface area contributed by atoms with Crippen molar-refractivity contribution in [3.05, 3.63) is 162 Å². The zero-order chi connectivity index (χ0) is 35.7. The molecule has 3 aromatic rings. The third kappa shape index (κ3) is 13.1. The van der Waals surface area contributed by atoms with Gasteiger partial charge in [-0.15, -0.1) is 0 Å². The van der Waals surface area contributed by atoms with Crippen molar-refractivity contribution in [2.45, 2.75) is 39.8 Å². The fourth-order valence-corrected chi connectivity index (χ4v) is 5.80. The van der Waals surface area contributed by atoms with E-state index < -0.39 is 5.97 Å². The average molecular weight is 685 g/mol. The topological polar surface area (TPSA) is 77.1 Å². The highest BCUT2D eigenvalue weighted by molar-refractivity contribution is 5.87. The van der Waals surface area contributed by atoms with Crippen molar-refractivity contribution in [2.75, 3.05) is 26.3 Å². The second-order valence-corrected chi connectivity index (χ2v) is 12.8. The van der Waals surface area contributed by atoms with Crippen molar-refractivity contribution in [2.24, 2.45) is 11.8 Å². The molecule has 0 spiro atoms. The summed E-state index contributed by atoms with van der Waals surface area (Å²) in [4.78, 5) is 27.3. The summed E-state index contributed by atoms with van der Waals surface area (Å²) >= 11 is 0. The Morgan fingerprint density at radius 1 is 0.686 bits per heavy atom. The minimum atomic E-state index is -0.411. The Morgan fingerprint density at radius 2 is 1.24 bits per heavy atom. The van der Waals surface area contributed by atoms with Gasteiger partial charge < -0.3 is 24.4 Å². The van der Waals surface area contributed by atoms with Gasteiger partial charge in [0.1, 0.15) is 17.2 Å².